The molecule has 6 nitrogen and oxygen atoms in total. The molecule has 0 spiro atoms. The molecule has 2 aromatic heterocycles. The lowest BCUT2D eigenvalue weighted by Crippen LogP contribution is -2.08. The summed E-state index contributed by atoms with van der Waals surface area (Å²) in [5.74, 6) is -1.02. The first-order chi connectivity index (χ1) is 8.59. The van der Waals surface area contributed by atoms with Crippen LogP contribution in [0.15, 0.2) is 28.6 Å². The van der Waals surface area contributed by atoms with Crippen molar-refractivity contribution in [2.45, 2.75) is 24.0 Å². The van der Waals surface area contributed by atoms with Crippen LogP contribution in [0.25, 0.3) is 0 Å². The molecule has 2 heterocycles. The summed E-state index contributed by atoms with van der Waals surface area (Å²) in [5, 5.41) is 17.8. The van der Waals surface area contributed by atoms with Gasteiger partial charge in [-0.15, -0.1) is 5.10 Å². The van der Waals surface area contributed by atoms with E-state index in [1.165, 1.54) is 0 Å². The highest BCUT2D eigenvalue weighted by Crippen LogP contribution is 2.27. The van der Waals surface area contributed by atoms with Crippen molar-refractivity contribution in [3.05, 3.63) is 35.3 Å². The summed E-state index contributed by atoms with van der Waals surface area (Å²) in [6, 6.07) is 1.69. The van der Waals surface area contributed by atoms with Crippen molar-refractivity contribution in [2.24, 2.45) is 0 Å². The first-order valence-electron chi connectivity index (χ1n) is 5.11. The van der Waals surface area contributed by atoms with Crippen LogP contribution in [0.3, 0.4) is 0 Å². The van der Waals surface area contributed by atoms with Crippen molar-refractivity contribution in [2.75, 3.05) is 0 Å². The normalized spacial score (nSPS) is 10.3. The van der Waals surface area contributed by atoms with Crippen LogP contribution < -0.4 is 0 Å². The number of carboxylic acids is 1. The molecule has 0 amide bonds. The van der Waals surface area contributed by atoms with Crippen LogP contribution in [0.5, 0.6) is 0 Å². The number of rotatable bonds is 3. The zero-order valence-electron chi connectivity index (χ0n) is 9.78. The molecule has 0 radical (unpaired) electrons. The quantitative estimate of drug-likeness (QED) is 0.842. The number of aromatic carboxylic acids is 1. The van der Waals surface area contributed by atoms with Crippen molar-refractivity contribution in [1.29, 1.82) is 0 Å². The highest BCUT2D eigenvalue weighted by Gasteiger charge is 2.19. The molecular formula is C11H10N4O2S. The van der Waals surface area contributed by atoms with E-state index in [0.29, 0.717) is 21.4 Å². The molecule has 92 valence electrons. The van der Waals surface area contributed by atoms with Crippen LogP contribution in [0.2, 0.25) is 0 Å². The standard InChI is InChI=1S/C11H10N4O2S/c1-6-7(2)14-15-9(8(6)10(16)17)18-11-12-4-3-5-13-11/h3-5H,1-2H3,(H,16,17). The Morgan fingerprint density at radius 1 is 1.22 bits per heavy atom. The van der Waals surface area contributed by atoms with Crippen molar-refractivity contribution >= 4 is 17.7 Å². The van der Waals surface area contributed by atoms with E-state index in [2.05, 4.69) is 20.2 Å². The van der Waals surface area contributed by atoms with Crippen LogP contribution in [0.1, 0.15) is 21.6 Å². The van der Waals surface area contributed by atoms with Gasteiger partial charge in [-0.25, -0.2) is 14.8 Å². The summed E-state index contributed by atoms with van der Waals surface area (Å²) < 4.78 is 0. The van der Waals surface area contributed by atoms with Crippen LogP contribution in [-0.4, -0.2) is 31.2 Å². The van der Waals surface area contributed by atoms with E-state index in [4.69, 9.17) is 0 Å². The molecule has 0 bridgehead atoms. The molecule has 7 heteroatoms. The van der Waals surface area contributed by atoms with Gasteiger partial charge in [0.05, 0.1) is 11.3 Å². The zero-order chi connectivity index (χ0) is 13.1. The lowest BCUT2D eigenvalue weighted by Gasteiger charge is -2.07. The van der Waals surface area contributed by atoms with Gasteiger partial charge in [-0.1, -0.05) is 0 Å². The number of hydrogen-bond donors (Lipinski definition) is 1. The zero-order valence-corrected chi connectivity index (χ0v) is 10.6. The smallest absolute Gasteiger partial charge is 0.338 e. The van der Waals surface area contributed by atoms with E-state index < -0.39 is 5.97 Å². The number of nitrogens with zero attached hydrogens (tertiary/aromatic N) is 4. The fourth-order valence-electron chi connectivity index (χ4n) is 1.33. The van der Waals surface area contributed by atoms with Gasteiger partial charge in [0, 0.05) is 12.4 Å². The lowest BCUT2D eigenvalue weighted by molar-refractivity contribution is 0.0690. The van der Waals surface area contributed by atoms with Crippen molar-refractivity contribution < 1.29 is 9.90 Å². The molecule has 0 saturated carbocycles. The van der Waals surface area contributed by atoms with E-state index in [1.54, 1.807) is 32.3 Å². The number of aryl methyl sites for hydroxylation is 1. The fraction of sp³-hybridized carbons (Fsp3) is 0.182. The number of aromatic nitrogens is 4. The molecule has 0 saturated heterocycles. The van der Waals surface area contributed by atoms with Crippen LogP contribution in [-0.2, 0) is 0 Å². The first-order valence-corrected chi connectivity index (χ1v) is 5.93. The Balaban J connectivity index is 2.45. The third-order valence-corrected chi connectivity index (χ3v) is 3.24. The summed E-state index contributed by atoms with van der Waals surface area (Å²) in [5.41, 5.74) is 1.36. The van der Waals surface area contributed by atoms with E-state index in [1.807, 2.05) is 0 Å². The number of carbonyl (C=O) groups is 1. The Morgan fingerprint density at radius 3 is 2.50 bits per heavy atom. The average molecular weight is 262 g/mol. The van der Waals surface area contributed by atoms with E-state index >= 15 is 0 Å². The Morgan fingerprint density at radius 2 is 1.89 bits per heavy atom. The Hall–Kier alpha value is -2.02. The molecule has 1 N–H and O–H groups in total. The molecule has 0 aliphatic heterocycles. The van der Waals surface area contributed by atoms with Crippen molar-refractivity contribution in [3.8, 4) is 0 Å². The Bertz CT molecular complexity index is 589. The third-order valence-electron chi connectivity index (χ3n) is 2.37. The summed E-state index contributed by atoms with van der Waals surface area (Å²) in [6.45, 7) is 3.44. The van der Waals surface area contributed by atoms with Gasteiger partial charge in [-0.2, -0.15) is 5.10 Å². The highest BCUT2D eigenvalue weighted by atomic mass is 32.2. The highest BCUT2D eigenvalue weighted by molar-refractivity contribution is 7.99. The molecule has 0 aromatic carbocycles. The number of carboxylic acid groups (broad SMARTS) is 1. The molecule has 0 atom stereocenters. The second-order valence-electron chi connectivity index (χ2n) is 3.53. The molecule has 2 aromatic rings. The van der Waals surface area contributed by atoms with Gasteiger partial charge in [0.1, 0.15) is 5.03 Å². The van der Waals surface area contributed by atoms with Crippen molar-refractivity contribution in [1.82, 2.24) is 20.2 Å². The second kappa shape index (κ2) is 5.09. The van der Waals surface area contributed by atoms with Crippen LogP contribution in [0, 0.1) is 13.8 Å². The van der Waals surface area contributed by atoms with Crippen LogP contribution in [0.4, 0.5) is 0 Å². The first kappa shape index (κ1) is 12.4. The molecular weight excluding hydrogens is 252 g/mol. The van der Waals surface area contributed by atoms with Crippen molar-refractivity contribution in [3.63, 3.8) is 0 Å². The predicted octanol–water partition coefficient (Wildman–Crippen LogP) is 1.73. The van der Waals surface area contributed by atoms with Gasteiger partial charge in [0.2, 0.25) is 0 Å². The molecule has 0 fully saturated rings. The minimum Gasteiger partial charge on any atom is -0.478 e. The van der Waals surface area contributed by atoms with Gasteiger partial charge in [-0.05, 0) is 37.2 Å². The number of hydrogen-bond acceptors (Lipinski definition) is 6. The molecule has 0 aliphatic carbocycles. The minimum atomic E-state index is -1.02. The fourth-order valence-corrected chi connectivity index (χ4v) is 2.16. The molecule has 0 aliphatic rings. The maximum Gasteiger partial charge on any atom is 0.338 e. The monoisotopic (exact) mass is 262 g/mol. The average Bonchev–Trinajstić information content (AvgIpc) is 2.35. The van der Waals surface area contributed by atoms with E-state index in [0.717, 1.165) is 11.8 Å². The van der Waals surface area contributed by atoms with Gasteiger partial charge >= 0.3 is 5.97 Å². The molecule has 0 unspecified atom stereocenters. The largest absolute Gasteiger partial charge is 0.478 e. The van der Waals surface area contributed by atoms with Gasteiger partial charge in [-0.3, -0.25) is 0 Å². The second-order valence-corrected chi connectivity index (χ2v) is 4.49. The van der Waals surface area contributed by atoms with Crippen LogP contribution >= 0.6 is 11.8 Å². The predicted molar refractivity (Wildman–Crippen MR) is 64.6 cm³/mol. The molecule has 18 heavy (non-hydrogen) atoms. The maximum atomic E-state index is 11.3. The van der Waals surface area contributed by atoms with E-state index in [9.17, 15) is 9.90 Å². The summed E-state index contributed by atoms with van der Waals surface area (Å²) in [4.78, 5) is 19.3. The van der Waals surface area contributed by atoms with Gasteiger partial charge < -0.3 is 5.11 Å². The summed E-state index contributed by atoms with van der Waals surface area (Å²) in [6.07, 6.45) is 3.18. The molecule has 2 rings (SSSR count). The topological polar surface area (TPSA) is 88.9 Å². The third kappa shape index (κ3) is 2.45. The van der Waals surface area contributed by atoms with E-state index in [-0.39, 0.29) is 5.56 Å². The lowest BCUT2D eigenvalue weighted by atomic mass is 10.1. The Labute approximate surface area is 108 Å². The SMILES string of the molecule is Cc1nnc(Sc2ncccn2)c(C(=O)O)c1C. The summed E-state index contributed by atoms with van der Waals surface area (Å²) >= 11 is 1.09. The van der Waals surface area contributed by atoms with Gasteiger partial charge in [0.15, 0.2) is 5.16 Å². The maximum absolute atomic E-state index is 11.3. The minimum absolute atomic E-state index is 0.153. The van der Waals surface area contributed by atoms with Gasteiger partial charge in [0.25, 0.3) is 0 Å². The Kier molecular flexibility index (Phi) is 3.52. The summed E-state index contributed by atoms with van der Waals surface area (Å²) in [7, 11) is 0.